The fourth-order valence-corrected chi connectivity index (χ4v) is 2.61. The van der Waals surface area contributed by atoms with Gasteiger partial charge in [0.25, 0.3) is 10.0 Å². The molecule has 9 heteroatoms. The SMILES string of the molecule is Cc1ncc(S(=O)(=O)Nc2ccc(F)cc2C(=N)N)[nH]1. The largest absolute Gasteiger partial charge is 0.384 e. The highest BCUT2D eigenvalue weighted by Crippen LogP contribution is 2.20. The first kappa shape index (κ1) is 14.0. The Balaban J connectivity index is 2.42. The van der Waals surface area contributed by atoms with Crippen LogP contribution in [0.4, 0.5) is 10.1 Å². The Morgan fingerprint density at radius 1 is 1.50 bits per heavy atom. The summed E-state index contributed by atoms with van der Waals surface area (Å²) in [7, 11) is -3.90. The molecule has 5 N–H and O–H groups in total. The topological polar surface area (TPSA) is 125 Å². The van der Waals surface area contributed by atoms with E-state index in [1.165, 1.54) is 6.07 Å². The molecule has 7 nitrogen and oxygen atoms in total. The number of aryl methyl sites for hydroxylation is 1. The zero-order valence-corrected chi connectivity index (χ0v) is 11.3. The molecule has 0 aliphatic carbocycles. The van der Waals surface area contributed by atoms with Crippen LogP contribution in [-0.2, 0) is 10.0 Å². The molecular formula is C11H12FN5O2S. The summed E-state index contributed by atoms with van der Waals surface area (Å²) < 4.78 is 39.5. The van der Waals surface area contributed by atoms with Crippen LogP contribution in [0.5, 0.6) is 0 Å². The van der Waals surface area contributed by atoms with Crippen molar-refractivity contribution in [3.8, 4) is 0 Å². The first-order valence-electron chi connectivity index (χ1n) is 5.48. The Bertz CT molecular complexity index is 769. The van der Waals surface area contributed by atoms with Crippen molar-refractivity contribution in [3.63, 3.8) is 0 Å². The minimum atomic E-state index is -3.90. The fraction of sp³-hybridized carbons (Fsp3) is 0.0909. The lowest BCUT2D eigenvalue weighted by Crippen LogP contribution is -2.19. The molecule has 0 bridgehead atoms. The van der Waals surface area contributed by atoms with Crippen molar-refractivity contribution < 1.29 is 12.8 Å². The zero-order chi connectivity index (χ0) is 14.9. The second kappa shape index (κ2) is 4.93. The summed E-state index contributed by atoms with van der Waals surface area (Å²) in [6.07, 6.45) is 1.16. The van der Waals surface area contributed by atoms with E-state index in [0.717, 1.165) is 18.3 Å². The Labute approximate surface area is 114 Å². The molecule has 0 aliphatic heterocycles. The lowest BCUT2D eigenvalue weighted by atomic mass is 10.1. The monoisotopic (exact) mass is 297 g/mol. The number of nitrogens with one attached hydrogen (secondary N) is 3. The predicted octanol–water partition coefficient (Wildman–Crippen LogP) is 0.942. The molecule has 2 rings (SSSR count). The van der Waals surface area contributed by atoms with Crippen LogP contribution in [0.25, 0.3) is 0 Å². The molecule has 20 heavy (non-hydrogen) atoms. The molecule has 0 saturated carbocycles. The van der Waals surface area contributed by atoms with Crippen molar-refractivity contribution in [2.75, 3.05) is 4.72 Å². The molecule has 0 saturated heterocycles. The van der Waals surface area contributed by atoms with E-state index in [-0.39, 0.29) is 16.3 Å². The molecule has 0 unspecified atom stereocenters. The molecule has 0 atom stereocenters. The van der Waals surface area contributed by atoms with E-state index < -0.39 is 21.7 Å². The standard InChI is InChI=1S/C11H12FN5O2S/c1-6-15-5-10(16-6)20(18,19)17-9-3-2-7(12)4-8(9)11(13)14/h2-5,17H,1H3,(H3,13,14)(H,15,16). The van der Waals surface area contributed by atoms with Crippen molar-refractivity contribution in [1.82, 2.24) is 9.97 Å². The van der Waals surface area contributed by atoms with Crippen molar-refractivity contribution in [3.05, 3.63) is 41.6 Å². The highest BCUT2D eigenvalue weighted by atomic mass is 32.2. The van der Waals surface area contributed by atoms with Gasteiger partial charge in [0.15, 0.2) is 5.03 Å². The summed E-state index contributed by atoms with van der Waals surface area (Å²) in [5.74, 6) is -0.616. The third kappa shape index (κ3) is 2.77. The first-order chi connectivity index (χ1) is 9.29. The van der Waals surface area contributed by atoms with Gasteiger partial charge in [-0.05, 0) is 25.1 Å². The number of nitrogen functional groups attached to an aromatic ring is 1. The van der Waals surface area contributed by atoms with Crippen LogP contribution in [0.2, 0.25) is 0 Å². The number of rotatable bonds is 4. The average Bonchev–Trinajstić information content (AvgIpc) is 2.78. The van der Waals surface area contributed by atoms with E-state index >= 15 is 0 Å². The van der Waals surface area contributed by atoms with Gasteiger partial charge < -0.3 is 10.7 Å². The quantitative estimate of drug-likeness (QED) is 0.495. The molecule has 0 fully saturated rings. The second-order valence-corrected chi connectivity index (χ2v) is 5.69. The number of sulfonamides is 1. The van der Waals surface area contributed by atoms with Crippen LogP contribution in [0, 0.1) is 18.2 Å². The maximum absolute atomic E-state index is 13.1. The number of nitrogens with two attached hydrogens (primary N) is 1. The van der Waals surface area contributed by atoms with Crippen LogP contribution >= 0.6 is 0 Å². The Morgan fingerprint density at radius 3 is 2.75 bits per heavy atom. The number of nitrogens with zero attached hydrogens (tertiary/aromatic N) is 1. The van der Waals surface area contributed by atoms with E-state index in [4.69, 9.17) is 11.1 Å². The van der Waals surface area contributed by atoms with Crippen molar-refractivity contribution in [2.45, 2.75) is 11.9 Å². The number of amidine groups is 1. The van der Waals surface area contributed by atoms with Gasteiger partial charge in [-0.15, -0.1) is 0 Å². The van der Waals surface area contributed by atoms with Crippen molar-refractivity contribution >= 4 is 21.5 Å². The number of aromatic nitrogens is 2. The number of halogens is 1. The van der Waals surface area contributed by atoms with Crippen LogP contribution < -0.4 is 10.5 Å². The normalized spacial score (nSPS) is 11.3. The number of benzene rings is 1. The van der Waals surface area contributed by atoms with Crippen LogP contribution in [0.1, 0.15) is 11.4 Å². The van der Waals surface area contributed by atoms with Gasteiger partial charge in [-0.25, -0.2) is 9.37 Å². The first-order valence-corrected chi connectivity index (χ1v) is 6.96. The van der Waals surface area contributed by atoms with Gasteiger partial charge in [0, 0.05) is 5.56 Å². The van der Waals surface area contributed by atoms with Gasteiger partial charge in [-0.2, -0.15) is 8.42 Å². The molecule has 1 heterocycles. The maximum Gasteiger partial charge on any atom is 0.279 e. The Kier molecular flexibility index (Phi) is 3.45. The summed E-state index contributed by atoms with van der Waals surface area (Å²) in [6, 6.07) is 3.26. The average molecular weight is 297 g/mol. The van der Waals surface area contributed by atoms with Gasteiger partial charge >= 0.3 is 0 Å². The van der Waals surface area contributed by atoms with Gasteiger partial charge in [0.1, 0.15) is 17.5 Å². The Morgan fingerprint density at radius 2 is 2.20 bits per heavy atom. The third-order valence-corrected chi connectivity index (χ3v) is 3.76. The van der Waals surface area contributed by atoms with Gasteiger partial charge in [0.2, 0.25) is 0 Å². The zero-order valence-electron chi connectivity index (χ0n) is 10.4. The molecule has 1 aromatic heterocycles. The van der Waals surface area contributed by atoms with Crippen LogP contribution in [-0.4, -0.2) is 24.2 Å². The van der Waals surface area contributed by atoms with Crippen molar-refractivity contribution in [2.24, 2.45) is 5.73 Å². The summed E-state index contributed by atoms with van der Waals surface area (Å²) >= 11 is 0. The van der Waals surface area contributed by atoms with Gasteiger partial charge in [-0.3, -0.25) is 10.1 Å². The van der Waals surface area contributed by atoms with E-state index in [1.807, 2.05) is 0 Å². The maximum atomic E-state index is 13.1. The highest BCUT2D eigenvalue weighted by Gasteiger charge is 2.19. The molecule has 0 spiro atoms. The summed E-state index contributed by atoms with van der Waals surface area (Å²) in [5.41, 5.74) is 5.29. The molecule has 0 radical (unpaired) electrons. The van der Waals surface area contributed by atoms with E-state index in [9.17, 15) is 12.8 Å². The lowest BCUT2D eigenvalue weighted by Gasteiger charge is -2.10. The minimum absolute atomic E-state index is 0.0196. The van der Waals surface area contributed by atoms with E-state index in [2.05, 4.69) is 14.7 Å². The molecular weight excluding hydrogens is 285 g/mol. The van der Waals surface area contributed by atoms with Crippen LogP contribution in [0.3, 0.4) is 0 Å². The van der Waals surface area contributed by atoms with Gasteiger partial charge in [0.05, 0.1) is 11.9 Å². The molecule has 1 aromatic carbocycles. The predicted molar refractivity (Wildman–Crippen MR) is 71.5 cm³/mol. The fourth-order valence-electron chi connectivity index (χ4n) is 1.56. The highest BCUT2D eigenvalue weighted by molar-refractivity contribution is 7.92. The molecule has 2 aromatic rings. The third-order valence-electron chi connectivity index (χ3n) is 2.49. The molecule has 0 amide bonds. The summed E-state index contributed by atoms with van der Waals surface area (Å²) in [4.78, 5) is 6.37. The molecule has 106 valence electrons. The number of anilines is 1. The number of hydrogen-bond acceptors (Lipinski definition) is 4. The van der Waals surface area contributed by atoms with Gasteiger partial charge in [-0.1, -0.05) is 0 Å². The lowest BCUT2D eigenvalue weighted by molar-refractivity contribution is 0.598. The number of aromatic amines is 1. The van der Waals surface area contributed by atoms with E-state index in [0.29, 0.717) is 5.82 Å². The van der Waals surface area contributed by atoms with E-state index in [1.54, 1.807) is 6.92 Å². The summed E-state index contributed by atoms with van der Waals surface area (Å²) in [6.45, 7) is 1.61. The second-order valence-electron chi connectivity index (χ2n) is 4.04. The van der Waals surface area contributed by atoms with Crippen molar-refractivity contribution in [1.29, 1.82) is 5.41 Å². The smallest absolute Gasteiger partial charge is 0.279 e. The summed E-state index contributed by atoms with van der Waals surface area (Å²) in [5, 5.41) is 7.21. The Hall–Kier alpha value is -2.42. The number of H-pyrrole nitrogens is 1. The molecule has 0 aliphatic rings. The van der Waals surface area contributed by atoms with Crippen LogP contribution in [0.15, 0.2) is 29.4 Å². The number of hydrogen-bond donors (Lipinski definition) is 4. The minimum Gasteiger partial charge on any atom is -0.384 e. The number of imidazole rings is 1.